The van der Waals surface area contributed by atoms with Gasteiger partial charge in [-0.3, -0.25) is 9.78 Å². The van der Waals surface area contributed by atoms with Crippen molar-refractivity contribution in [1.29, 1.82) is 0 Å². The van der Waals surface area contributed by atoms with Crippen LogP contribution >= 0.6 is 11.8 Å². The van der Waals surface area contributed by atoms with E-state index >= 15 is 0 Å². The van der Waals surface area contributed by atoms with Gasteiger partial charge in [0.05, 0.1) is 16.1 Å². The van der Waals surface area contributed by atoms with E-state index in [2.05, 4.69) is 15.3 Å². The summed E-state index contributed by atoms with van der Waals surface area (Å²) < 4.78 is 0. The molecule has 0 radical (unpaired) electrons. The van der Waals surface area contributed by atoms with E-state index in [1.807, 2.05) is 67.6 Å². The maximum Gasteiger partial charge on any atom is 0.264 e. The van der Waals surface area contributed by atoms with Crippen LogP contribution in [0.5, 0.6) is 0 Å². The molecule has 1 fully saturated rings. The molecule has 0 unspecified atom stereocenters. The summed E-state index contributed by atoms with van der Waals surface area (Å²) in [4.78, 5) is 21.7. The van der Waals surface area contributed by atoms with Gasteiger partial charge in [-0.2, -0.15) is 0 Å². The summed E-state index contributed by atoms with van der Waals surface area (Å²) in [6.45, 7) is 2.00. The van der Waals surface area contributed by atoms with Crippen molar-refractivity contribution >= 4 is 45.5 Å². The number of carbonyl (C=O) groups excluding carboxylic acids is 1. The van der Waals surface area contributed by atoms with Gasteiger partial charge in [0.25, 0.3) is 5.91 Å². The molecule has 2 heterocycles. The molecule has 1 amide bonds. The van der Waals surface area contributed by atoms with Crippen LogP contribution < -0.4 is 5.32 Å². The molecule has 122 valence electrons. The van der Waals surface area contributed by atoms with Gasteiger partial charge in [-0.15, -0.1) is 0 Å². The highest BCUT2D eigenvalue weighted by Crippen LogP contribution is 2.29. The van der Waals surface area contributed by atoms with Crippen LogP contribution in [0.2, 0.25) is 0 Å². The zero-order valence-electron chi connectivity index (χ0n) is 13.6. The predicted molar refractivity (Wildman–Crippen MR) is 104 cm³/mol. The molecule has 0 bridgehead atoms. The van der Waals surface area contributed by atoms with Gasteiger partial charge in [-0.1, -0.05) is 30.3 Å². The van der Waals surface area contributed by atoms with Crippen LogP contribution in [0, 0.1) is 6.92 Å². The number of aromatic nitrogens is 1. The van der Waals surface area contributed by atoms with Gasteiger partial charge >= 0.3 is 0 Å². The third-order valence-electron chi connectivity index (χ3n) is 3.91. The van der Waals surface area contributed by atoms with Gasteiger partial charge in [-0.05, 0) is 60.2 Å². The van der Waals surface area contributed by atoms with E-state index in [1.165, 1.54) is 11.8 Å². The van der Waals surface area contributed by atoms with Crippen molar-refractivity contribution in [3.05, 3.63) is 76.8 Å². The first-order chi connectivity index (χ1) is 12.2. The minimum Gasteiger partial charge on any atom is -0.300 e. The van der Waals surface area contributed by atoms with E-state index in [9.17, 15) is 4.79 Å². The minimum atomic E-state index is -0.122. The number of hydrogen-bond acceptors (Lipinski definition) is 4. The van der Waals surface area contributed by atoms with Crippen LogP contribution in [0.1, 0.15) is 11.1 Å². The normalized spacial score (nSPS) is 17.4. The molecule has 0 atom stereocenters. The van der Waals surface area contributed by atoms with Crippen molar-refractivity contribution < 1.29 is 4.79 Å². The van der Waals surface area contributed by atoms with E-state index in [0.717, 1.165) is 27.7 Å². The number of hydrogen-bond donors (Lipinski definition) is 1. The van der Waals surface area contributed by atoms with Gasteiger partial charge < -0.3 is 5.32 Å². The SMILES string of the molecule is Cc1ccccc1N=C1NC(=O)C(=Cc2ccc3ncccc3c2)S1. The Kier molecular flexibility index (Phi) is 4.07. The highest BCUT2D eigenvalue weighted by Gasteiger charge is 2.23. The van der Waals surface area contributed by atoms with Crippen LogP contribution in [-0.2, 0) is 4.79 Å². The molecular formula is C20H15N3OS. The van der Waals surface area contributed by atoms with Crippen LogP contribution in [0.4, 0.5) is 5.69 Å². The third kappa shape index (κ3) is 3.32. The highest BCUT2D eigenvalue weighted by molar-refractivity contribution is 8.18. The molecule has 0 aliphatic carbocycles. The number of aryl methyl sites for hydroxylation is 1. The zero-order valence-corrected chi connectivity index (χ0v) is 14.4. The van der Waals surface area contributed by atoms with E-state index in [0.29, 0.717) is 10.1 Å². The maximum absolute atomic E-state index is 12.2. The lowest BCUT2D eigenvalue weighted by atomic mass is 10.1. The second-order valence-electron chi connectivity index (χ2n) is 5.72. The summed E-state index contributed by atoms with van der Waals surface area (Å²) in [5, 5.41) is 4.49. The standard InChI is InChI=1S/C20H15N3OS/c1-13-5-2-3-7-16(13)22-20-23-19(24)18(25-20)12-14-8-9-17-15(11-14)6-4-10-21-17/h2-12H,1H3,(H,22,23,24). The van der Waals surface area contributed by atoms with Crippen molar-refractivity contribution in [2.45, 2.75) is 6.92 Å². The van der Waals surface area contributed by atoms with Crippen molar-refractivity contribution in [2.75, 3.05) is 0 Å². The van der Waals surface area contributed by atoms with Crippen LogP contribution in [-0.4, -0.2) is 16.1 Å². The number of para-hydroxylation sites is 1. The van der Waals surface area contributed by atoms with Gasteiger partial charge in [0, 0.05) is 11.6 Å². The molecular weight excluding hydrogens is 330 g/mol. The second-order valence-corrected chi connectivity index (χ2v) is 6.75. The molecule has 0 saturated carbocycles. The van der Waals surface area contributed by atoms with E-state index in [4.69, 9.17) is 0 Å². The lowest BCUT2D eigenvalue weighted by molar-refractivity contribution is -0.115. The molecule has 1 aliphatic heterocycles. The minimum absolute atomic E-state index is 0.122. The Balaban J connectivity index is 1.63. The molecule has 1 N–H and O–H groups in total. The van der Waals surface area contributed by atoms with Gasteiger partial charge in [0.15, 0.2) is 5.17 Å². The van der Waals surface area contributed by atoms with Crippen molar-refractivity contribution in [3.63, 3.8) is 0 Å². The Morgan fingerprint density at radius 1 is 1.12 bits per heavy atom. The van der Waals surface area contributed by atoms with Crippen molar-refractivity contribution in [2.24, 2.45) is 4.99 Å². The fraction of sp³-hybridized carbons (Fsp3) is 0.0500. The molecule has 1 aliphatic rings. The summed E-state index contributed by atoms with van der Waals surface area (Å²) in [5.74, 6) is -0.122. The van der Waals surface area contributed by atoms with Gasteiger partial charge in [0.1, 0.15) is 0 Å². The highest BCUT2D eigenvalue weighted by atomic mass is 32.2. The molecule has 3 aromatic rings. The topological polar surface area (TPSA) is 54.4 Å². The average Bonchev–Trinajstić information content (AvgIpc) is 2.96. The van der Waals surface area contributed by atoms with Crippen LogP contribution in [0.3, 0.4) is 0 Å². The quantitative estimate of drug-likeness (QED) is 0.699. The summed E-state index contributed by atoms with van der Waals surface area (Å²) in [7, 11) is 0. The van der Waals surface area contributed by atoms with Gasteiger partial charge in [-0.25, -0.2) is 4.99 Å². The Morgan fingerprint density at radius 2 is 2.00 bits per heavy atom. The Bertz CT molecular complexity index is 1040. The summed E-state index contributed by atoms with van der Waals surface area (Å²) in [5.41, 5.74) is 3.85. The monoisotopic (exact) mass is 345 g/mol. The molecule has 1 aromatic heterocycles. The van der Waals surface area contributed by atoms with E-state index in [1.54, 1.807) is 6.20 Å². The summed E-state index contributed by atoms with van der Waals surface area (Å²) in [6.07, 6.45) is 3.65. The van der Waals surface area contributed by atoms with Crippen molar-refractivity contribution in [1.82, 2.24) is 10.3 Å². The van der Waals surface area contributed by atoms with Crippen LogP contribution in [0.25, 0.3) is 17.0 Å². The second kappa shape index (κ2) is 6.53. The number of amidine groups is 1. The number of nitrogens with one attached hydrogen (secondary N) is 1. The first kappa shape index (κ1) is 15.6. The van der Waals surface area contributed by atoms with Gasteiger partial charge in [0.2, 0.25) is 0 Å². The molecule has 0 spiro atoms. The van der Waals surface area contributed by atoms with E-state index < -0.39 is 0 Å². The van der Waals surface area contributed by atoms with Crippen LogP contribution in [0.15, 0.2) is 70.7 Å². The molecule has 25 heavy (non-hydrogen) atoms. The first-order valence-corrected chi connectivity index (χ1v) is 8.71. The fourth-order valence-corrected chi connectivity index (χ4v) is 3.45. The molecule has 1 saturated heterocycles. The number of pyridine rings is 1. The maximum atomic E-state index is 12.2. The fourth-order valence-electron chi connectivity index (χ4n) is 2.61. The summed E-state index contributed by atoms with van der Waals surface area (Å²) in [6, 6.07) is 17.7. The molecule has 2 aromatic carbocycles. The Morgan fingerprint density at radius 3 is 2.88 bits per heavy atom. The first-order valence-electron chi connectivity index (χ1n) is 7.89. The Hall–Kier alpha value is -2.92. The molecule has 4 nitrogen and oxygen atoms in total. The predicted octanol–water partition coefficient (Wildman–Crippen LogP) is 4.43. The van der Waals surface area contributed by atoms with Crippen molar-refractivity contribution in [3.8, 4) is 0 Å². The lowest BCUT2D eigenvalue weighted by Crippen LogP contribution is -2.19. The summed E-state index contributed by atoms with van der Waals surface area (Å²) >= 11 is 1.36. The smallest absolute Gasteiger partial charge is 0.264 e. The molecule has 4 rings (SSSR count). The average molecular weight is 345 g/mol. The largest absolute Gasteiger partial charge is 0.300 e. The number of thioether (sulfide) groups is 1. The molecule has 5 heteroatoms. The number of fused-ring (bicyclic) bond motifs is 1. The lowest BCUT2D eigenvalue weighted by Gasteiger charge is -2.00. The third-order valence-corrected chi connectivity index (χ3v) is 4.82. The zero-order chi connectivity index (χ0) is 17.2. The number of benzene rings is 2. The number of aliphatic imine (C=N–C) groups is 1. The number of rotatable bonds is 2. The number of nitrogens with zero attached hydrogens (tertiary/aromatic N) is 2. The number of amides is 1. The number of carbonyl (C=O) groups is 1. The Labute approximate surface area is 149 Å². The van der Waals surface area contributed by atoms with E-state index in [-0.39, 0.29) is 5.91 Å².